The maximum atomic E-state index is 3.83. The van der Waals surface area contributed by atoms with Crippen LogP contribution < -0.4 is 0 Å². The van der Waals surface area contributed by atoms with Gasteiger partial charge in [-0.1, -0.05) is 32.1 Å². The van der Waals surface area contributed by atoms with Crippen LogP contribution in [0.1, 0.15) is 44.6 Å². The van der Waals surface area contributed by atoms with Crippen molar-refractivity contribution in [3.05, 3.63) is 42.5 Å². The van der Waals surface area contributed by atoms with Gasteiger partial charge in [0, 0.05) is 4.90 Å². The highest BCUT2D eigenvalue weighted by molar-refractivity contribution is 7.99. The van der Waals surface area contributed by atoms with Crippen LogP contribution in [0.2, 0.25) is 0 Å². The molecule has 1 unspecified atom stereocenters. The number of rotatable bonds is 7. The topological polar surface area (TPSA) is 0 Å². The molecule has 0 aliphatic carbocycles. The molecule has 0 spiro atoms. The summed E-state index contributed by atoms with van der Waals surface area (Å²) in [4.78, 5) is 1.39. The third kappa shape index (κ3) is 4.05. The molecule has 0 saturated carbocycles. The highest BCUT2D eigenvalue weighted by atomic mass is 32.2. The summed E-state index contributed by atoms with van der Waals surface area (Å²) in [6.45, 7) is 8.29. The highest BCUT2D eigenvalue weighted by Crippen LogP contribution is 2.26. The fourth-order valence-corrected chi connectivity index (χ4v) is 2.56. The van der Waals surface area contributed by atoms with Gasteiger partial charge in [0.15, 0.2) is 0 Å². The van der Waals surface area contributed by atoms with E-state index < -0.39 is 0 Å². The first-order valence-corrected chi connectivity index (χ1v) is 7.14. The number of thioether (sulfide) groups is 1. The summed E-state index contributed by atoms with van der Waals surface area (Å²) in [5.41, 5.74) is 1.45. The summed E-state index contributed by atoms with van der Waals surface area (Å²) in [5, 5.41) is 0. The molecule has 1 atom stereocenters. The molecule has 0 amide bonds. The molecule has 1 heteroatoms. The van der Waals surface area contributed by atoms with Crippen LogP contribution in [0, 0.1) is 0 Å². The van der Waals surface area contributed by atoms with Gasteiger partial charge in [0.2, 0.25) is 0 Å². The van der Waals surface area contributed by atoms with Gasteiger partial charge in [-0.05, 0) is 48.6 Å². The maximum Gasteiger partial charge on any atom is 0.00721 e. The summed E-state index contributed by atoms with van der Waals surface area (Å²) in [6.07, 6.45) is 5.53. The molecule has 1 rings (SSSR count). The van der Waals surface area contributed by atoms with Crippen LogP contribution in [0.15, 0.2) is 41.8 Å². The Bertz CT molecular complexity index is 300. The predicted octanol–water partition coefficient (Wildman–Crippen LogP) is 5.26. The minimum atomic E-state index is 0.641. The van der Waals surface area contributed by atoms with E-state index in [1.165, 1.54) is 29.1 Å². The summed E-state index contributed by atoms with van der Waals surface area (Å²) in [6, 6.07) is 9.05. The van der Waals surface area contributed by atoms with Gasteiger partial charge >= 0.3 is 0 Å². The van der Waals surface area contributed by atoms with Crippen molar-refractivity contribution in [3.8, 4) is 0 Å². The van der Waals surface area contributed by atoms with Crippen molar-refractivity contribution >= 4 is 11.8 Å². The first-order valence-electron chi connectivity index (χ1n) is 6.15. The molecule has 0 nitrogen and oxygen atoms in total. The molecule has 0 fully saturated rings. The fourth-order valence-electron chi connectivity index (χ4n) is 1.80. The van der Waals surface area contributed by atoms with Gasteiger partial charge in [0.25, 0.3) is 0 Å². The summed E-state index contributed by atoms with van der Waals surface area (Å²) in [7, 11) is 0. The molecular weight excluding hydrogens is 212 g/mol. The van der Waals surface area contributed by atoms with Crippen LogP contribution in [0.5, 0.6) is 0 Å². The van der Waals surface area contributed by atoms with Crippen molar-refractivity contribution < 1.29 is 0 Å². The van der Waals surface area contributed by atoms with E-state index >= 15 is 0 Å². The molecule has 1 aromatic carbocycles. The average Bonchev–Trinajstić information content (AvgIpc) is 2.34. The van der Waals surface area contributed by atoms with Gasteiger partial charge in [-0.25, -0.2) is 0 Å². The molecule has 0 aliphatic rings. The number of benzene rings is 1. The molecule has 0 bridgehead atoms. The van der Waals surface area contributed by atoms with E-state index in [1.807, 2.05) is 17.8 Å². The quantitative estimate of drug-likeness (QED) is 0.458. The smallest absolute Gasteiger partial charge is 0.00721 e. The summed E-state index contributed by atoms with van der Waals surface area (Å²) in [5.74, 6) is 1.85. The summed E-state index contributed by atoms with van der Waals surface area (Å²) >= 11 is 1.94. The Morgan fingerprint density at radius 1 is 1.25 bits per heavy atom. The molecule has 0 N–H and O–H groups in total. The molecule has 1 aromatic rings. The Balaban J connectivity index is 2.65. The fraction of sp³-hybridized carbons (Fsp3) is 0.467. The lowest BCUT2D eigenvalue weighted by molar-refractivity contribution is 0.674. The van der Waals surface area contributed by atoms with Gasteiger partial charge in [-0.2, -0.15) is 0 Å². The van der Waals surface area contributed by atoms with Crippen LogP contribution in [-0.4, -0.2) is 5.75 Å². The second-order valence-corrected chi connectivity index (χ2v) is 5.22. The predicted molar refractivity (Wildman–Crippen MR) is 75.3 cm³/mol. The van der Waals surface area contributed by atoms with Crippen molar-refractivity contribution in [1.29, 1.82) is 0 Å². The summed E-state index contributed by atoms with van der Waals surface area (Å²) < 4.78 is 0. The van der Waals surface area contributed by atoms with Crippen molar-refractivity contribution in [2.45, 2.75) is 43.9 Å². The molecule has 0 heterocycles. The average molecular weight is 234 g/mol. The standard InChI is InChI=1S/C15H22S/c1-4-7-13(6-3)14-8-10-15(11-9-14)16-12-5-2/h4,8-11,13H,1,5-7,12H2,2-3H3. The molecule has 0 aromatic heterocycles. The minimum absolute atomic E-state index is 0.641. The van der Waals surface area contributed by atoms with E-state index in [4.69, 9.17) is 0 Å². The highest BCUT2D eigenvalue weighted by Gasteiger charge is 2.06. The molecule has 0 aliphatic heterocycles. The second kappa shape index (κ2) is 7.56. The lowest BCUT2D eigenvalue weighted by Gasteiger charge is -2.13. The van der Waals surface area contributed by atoms with E-state index in [0.29, 0.717) is 5.92 Å². The Labute approximate surface area is 104 Å². The van der Waals surface area contributed by atoms with E-state index in [-0.39, 0.29) is 0 Å². The van der Waals surface area contributed by atoms with Crippen LogP contribution in [0.4, 0.5) is 0 Å². The van der Waals surface area contributed by atoms with Gasteiger partial charge in [0.1, 0.15) is 0 Å². The minimum Gasteiger partial charge on any atom is -0.126 e. The van der Waals surface area contributed by atoms with E-state index in [9.17, 15) is 0 Å². The lowest BCUT2D eigenvalue weighted by atomic mass is 9.93. The Kier molecular flexibility index (Phi) is 6.32. The van der Waals surface area contributed by atoms with Gasteiger partial charge in [-0.3, -0.25) is 0 Å². The molecule has 88 valence electrons. The molecule has 0 saturated heterocycles. The van der Waals surface area contributed by atoms with Crippen molar-refractivity contribution in [3.63, 3.8) is 0 Å². The Hall–Kier alpha value is -0.690. The molecule has 0 radical (unpaired) electrons. The largest absolute Gasteiger partial charge is 0.126 e. The Morgan fingerprint density at radius 3 is 2.44 bits per heavy atom. The van der Waals surface area contributed by atoms with E-state index in [1.54, 1.807) is 0 Å². The van der Waals surface area contributed by atoms with Crippen molar-refractivity contribution in [2.75, 3.05) is 5.75 Å². The van der Waals surface area contributed by atoms with E-state index in [2.05, 4.69) is 44.7 Å². The van der Waals surface area contributed by atoms with Crippen LogP contribution in [-0.2, 0) is 0 Å². The molecule has 16 heavy (non-hydrogen) atoms. The third-order valence-electron chi connectivity index (χ3n) is 2.77. The third-order valence-corrected chi connectivity index (χ3v) is 3.99. The van der Waals surface area contributed by atoms with Gasteiger partial charge in [-0.15, -0.1) is 18.3 Å². The lowest BCUT2D eigenvalue weighted by Crippen LogP contribution is -1.95. The van der Waals surface area contributed by atoms with Crippen LogP contribution >= 0.6 is 11.8 Å². The SMILES string of the molecule is C=CCC(CC)c1ccc(SCCC)cc1. The second-order valence-electron chi connectivity index (χ2n) is 4.05. The van der Waals surface area contributed by atoms with Crippen LogP contribution in [0.25, 0.3) is 0 Å². The zero-order valence-electron chi connectivity index (χ0n) is 10.4. The number of hydrogen-bond acceptors (Lipinski definition) is 1. The maximum absolute atomic E-state index is 3.83. The molecular formula is C15H22S. The zero-order chi connectivity index (χ0) is 11.8. The normalized spacial score (nSPS) is 12.4. The number of hydrogen-bond donors (Lipinski definition) is 0. The van der Waals surface area contributed by atoms with Crippen molar-refractivity contribution in [1.82, 2.24) is 0 Å². The zero-order valence-corrected chi connectivity index (χ0v) is 11.2. The van der Waals surface area contributed by atoms with Crippen molar-refractivity contribution in [2.24, 2.45) is 0 Å². The monoisotopic (exact) mass is 234 g/mol. The van der Waals surface area contributed by atoms with E-state index in [0.717, 1.165) is 6.42 Å². The first kappa shape index (κ1) is 13.4. The van der Waals surface area contributed by atoms with Gasteiger partial charge in [0.05, 0.1) is 0 Å². The number of allylic oxidation sites excluding steroid dienone is 1. The first-order chi connectivity index (χ1) is 7.81. The van der Waals surface area contributed by atoms with Gasteiger partial charge < -0.3 is 0 Å². The van der Waals surface area contributed by atoms with Crippen LogP contribution in [0.3, 0.4) is 0 Å². The Morgan fingerprint density at radius 2 is 1.94 bits per heavy atom.